The van der Waals surface area contributed by atoms with Gasteiger partial charge in [-0.1, -0.05) is 47.5 Å². The minimum atomic E-state index is -0.447. The van der Waals surface area contributed by atoms with E-state index in [-0.39, 0.29) is 11.5 Å². The molecule has 6 heteroatoms. The van der Waals surface area contributed by atoms with E-state index in [0.717, 1.165) is 49.1 Å². The van der Waals surface area contributed by atoms with E-state index in [0.29, 0.717) is 13.2 Å². The first-order chi connectivity index (χ1) is 14.1. The maximum Gasteiger partial charge on any atom is 0.177 e. The van der Waals surface area contributed by atoms with Gasteiger partial charge in [-0.25, -0.2) is 0 Å². The molecule has 2 spiro atoms. The highest BCUT2D eigenvalue weighted by Gasteiger charge is 2.60. The molecule has 3 aliphatic rings. The van der Waals surface area contributed by atoms with Crippen LogP contribution in [0.4, 0.5) is 0 Å². The van der Waals surface area contributed by atoms with Crippen LogP contribution in [0.5, 0.6) is 0 Å². The van der Waals surface area contributed by atoms with Gasteiger partial charge in [0.2, 0.25) is 0 Å². The van der Waals surface area contributed by atoms with Gasteiger partial charge in [0.15, 0.2) is 5.79 Å². The molecule has 5 rings (SSSR count). The first-order valence-electron chi connectivity index (χ1n) is 10.3. The van der Waals surface area contributed by atoms with Crippen molar-refractivity contribution in [3.05, 3.63) is 69.7 Å². The van der Waals surface area contributed by atoms with Crippen molar-refractivity contribution in [3.8, 4) is 0 Å². The second kappa shape index (κ2) is 7.84. The molecule has 1 unspecified atom stereocenters. The first kappa shape index (κ1) is 19.8. The van der Waals surface area contributed by atoms with E-state index in [1.807, 2.05) is 24.3 Å². The van der Waals surface area contributed by atoms with Gasteiger partial charge in [-0.2, -0.15) is 0 Å². The Hall–Kier alpha value is -1.14. The van der Waals surface area contributed by atoms with Gasteiger partial charge in [0, 0.05) is 36.1 Å². The Balaban J connectivity index is 1.50. The highest BCUT2D eigenvalue weighted by Crippen LogP contribution is 2.51. The van der Waals surface area contributed by atoms with Crippen molar-refractivity contribution in [2.45, 2.75) is 24.7 Å². The zero-order valence-electron chi connectivity index (χ0n) is 16.4. The minimum absolute atomic E-state index is 0.0289. The third kappa shape index (κ3) is 3.50. The van der Waals surface area contributed by atoms with Crippen LogP contribution in [0.25, 0.3) is 0 Å². The average Bonchev–Trinajstić information content (AvgIpc) is 3.37. The molecule has 3 aliphatic heterocycles. The van der Waals surface area contributed by atoms with E-state index in [4.69, 9.17) is 32.7 Å². The molecule has 2 aromatic carbocycles. The fraction of sp³-hybridized carbons (Fsp3) is 0.478. The van der Waals surface area contributed by atoms with Crippen molar-refractivity contribution in [1.29, 1.82) is 0 Å². The number of halogens is 2. The Labute approximate surface area is 182 Å². The highest BCUT2D eigenvalue weighted by molar-refractivity contribution is 6.30. The number of piperidine rings is 1. The molecule has 0 aromatic heterocycles. The van der Waals surface area contributed by atoms with Gasteiger partial charge < -0.3 is 14.8 Å². The number of hydrogen-bond acceptors (Lipinski definition) is 4. The zero-order chi connectivity index (χ0) is 19.9. The molecule has 0 saturated carbocycles. The predicted octanol–water partition coefficient (Wildman–Crippen LogP) is 4.51. The van der Waals surface area contributed by atoms with Crippen molar-refractivity contribution < 1.29 is 9.47 Å². The molecule has 0 radical (unpaired) electrons. The summed E-state index contributed by atoms with van der Waals surface area (Å²) in [5, 5.41) is 5.11. The summed E-state index contributed by atoms with van der Waals surface area (Å²) in [6.45, 7) is 5.18. The third-order valence-corrected chi connectivity index (χ3v) is 7.28. The lowest BCUT2D eigenvalue weighted by atomic mass is 9.74. The van der Waals surface area contributed by atoms with Gasteiger partial charge in [0.1, 0.15) is 0 Å². The van der Waals surface area contributed by atoms with E-state index < -0.39 is 5.79 Å². The Morgan fingerprint density at radius 3 is 2.03 bits per heavy atom. The number of likely N-dealkylation sites (tertiary alicyclic amines) is 1. The maximum absolute atomic E-state index is 6.27. The van der Waals surface area contributed by atoms with Gasteiger partial charge >= 0.3 is 0 Å². The summed E-state index contributed by atoms with van der Waals surface area (Å²) in [5.41, 5.74) is 2.44. The number of hydrogen-bond donors (Lipinski definition) is 1. The van der Waals surface area contributed by atoms with Gasteiger partial charge in [0.05, 0.1) is 24.7 Å². The summed E-state index contributed by atoms with van der Waals surface area (Å²) < 4.78 is 12.5. The van der Waals surface area contributed by atoms with Crippen LogP contribution in [0, 0.1) is 5.41 Å². The fourth-order valence-electron chi connectivity index (χ4n) is 5.37. The van der Waals surface area contributed by atoms with Crippen LogP contribution < -0.4 is 5.32 Å². The molecule has 2 aromatic rings. The number of nitrogens with one attached hydrogen (secondary N) is 1. The van der Waals surface area contributed by atoms with Gasteiger partial charge in [0.25, 0.3) is 0 Å². The Kier molecular flexibility index (Phi) is 5.35. The number of ether oxygens (including phenoxy) is 2. The van der Waals surface area contributed by atoms with Crippen LogP contribution in [0.15, 0.2) is 48.5 Å². The Morgan fingerprint density at radius 1 is 0.862 bits per heavy atom. The van der Waals surface area contributed by atoms with Crippen LogP contribution >= 0.6 is 23.2 Å². The second-order valence-electron chi connectivity index (χ2n) is 8.38. The molecular formula is C23H26Cl2N2O2. The molecule has 154 valence electrons. The smallest absolute Gasteiger partial charge is 0.177 e. The van der Waals surface area contributed by atoms with Crippen LogP contribution in [0.2, 0.25) is 10.0 Å². The predicted molar refractivity (Wildman–Crippen MR) is 115 cm³/mol. The molecule has 3 fully saturated rings. The molecule has 1 N–H and O–H groups in total. The molecule has 29 heavy (non-hydrogen) atoms. The molecule has 0 amide bonds. The number of rotatable bonds is 3. The summed E-state index contributed by atoms with van der Waals surface area (Å²) in [4.78, 5) is 2.56. The standard InChI is InChI=1S/C23H26Cl2N2O2/c24-19-5-1-17(2-6-19)21(18-3-7-20(25)8-4-18)27-12-10-22(16-27)15-26-11-9-23(22)28-13-14-29-23/h1-8,21,26H,9-16H2. The van der Waals surface area contributed by atoms with Gasteiger partial charge in [-0.15, -0.1) is 0 Å². The summed E-state index contributed by atoms with van der Waals surface area (Å²) in [6, 6.07) is 16.5. The lowest BCUT2D eigenvalue weighted by Gasteiger charge is -2.48. The first-order valence-corrected chi connectivity index (χ1v) is 11.1. The highest BCUT2D eigenvalue weighted by atomic mass is 35.5. The van der Waals surface area contributed by atoms with Crippen LogP contribution in [-0.4, -0.2) is 50.1 Å². The van der Waals surface area contributed by atoms with E-state index in [2.05, 4.69) is 34.5 Å². The number of fused-ring (bicyclic) bond motifs is 1. The number of nitrogens with zero attached hydrogens (tertiary/aromatic N) is 1. The lowest BCUT2D eigenvalue weighted by molar-refractivity contribution is -0.246. The van der Waals surface area contributed by atoms with Crippen LogP contribution in [-0.2, 0) is 9.47 Å². The molecule has 3 saturated heterocycles. The van der Waals surface area contributed by atoms with E-state index in [1.165, 1.54) is 11.1 Å². The molecule has 1 atom stereocenters. The van der Waals surface area contributed by atoms with E-state index in [9.17, 15) is 0 Å². The van der Waals surface area contributed by atoms with Crippen molar-refractivity contribution in [2.24, 2.45) is 5.41 Å². The summed E-state index contributed by atoms with van der Waals surface area (Å²) >= 11 is 12.3. The third-order valence-electron chi connectivity index (χ3n) is 6.78. The number of benzene rings is 2. The molecule has 0 aliphatic carbocycles. The zero-order valence-corrected chi connectivity index (χ0v) is 17.9. The average molecular weight is 433 g/mol. The summed E-state index contributed by atoms with van der Waals surface area (Å²) in [6.07, 6.45) is 1.96. The largest absolute Gasteiger partial charge is 0.347 e. The summed E-state index contributed by atoms with van der Waals surface area (Å²) in [5.74, 6) is -0.447. The maximum atomic E-state index is 6.27. The quantitative estimate of drug-likeness (QED) is 0.773. The van der Waals surface area contributed by atoms with Crippen molar-refractivity contribution in [1.82, 2.24) is 10.2 Å². The van der Waals surface area contributed by atoms with Crippen LogP contribution in [0.1, 0.15) is 30.0 Å². The Bertz CT molecular complexity index is 807. The van der Waals surface area contributed by atoms with E-state index >= 15 is 0 Å². The second-order valence-corrected chi connectivity index (χ2v) is 9.26. The van der Waals surface area contributed by atoms with Crippen molar-refractivity contribution in [2.75, 3.05) is 39.4 Å². The Morgan fingerprint density at radius 2 is 1.45 bits per heavy atom. The van der Waals surface area contributed by atoms with Crippen molar-refractivity contribution >= 4 is 23.2 Å². The van der Waals surface area contributed by atoms with Crippen LogP contribution in [0.3, 0.4) is 0 Å². The van der Waals surface area contributed by atoms with Crippen molar-refractivity contribution in [3.63, 3.8) is 0 Å². The van der Waals surface area contributed by atoms with E-state index in [1.54, 1.807) is 0 Å². The molecule has 0 bridgehead atoms. The fourth-order valence-corrected chi connectivity index (χ4v) is 5.62. The molecule has 3 heterocycles. The lowest BCUT2D eigenvalue weighted by Crippen LogP contribution is -2.60. The monoisotopic (exact) mass is 432 g/mol. The normalized spacial score (nSPS) is 26.7. The summed E-state index contributed by atoms with van der Waals surface area (Å²) in [7, 11) is 0. The van der Waals surface area contributed by atoms with Gasteiger partial charge in [-0.3, -0.25) is 4.90 Å². The topological polar surface area (TPSA) is 33.7 Å². The SMILES string of the molecule is Clc1ccc(C(c2ccc(Cl)cc2)N2CCC3(CNCCC34OCCO4)C2)cc1. The van der Waals surface area contributed by atoms with Gasteiger partial charge in [-0.05, 0) is 48.4 Å². The minimum Gasteiger partial charge on any atom is -0.347 e. The molecule has 4 nitrogen and oxygen atoms in total. The molecular weight excluding hydrogens is 407 g/mol.